The Bertz CT molecular complexity index is 269. The van der Waals surface area contributed by atoms with E-state index in [0.717, 1.165) is 0 Å². The molecule has 1 aromatic carbocycles. The van der Waals surface area contributed by atoms with Gasteiger partial charge in [0.25, 0.3) is 0 Å². The Morgan fingerprint density at radius 2 is 1.82 bits per heavy atom. The monoisotopic (exact) mass is 144 g/mol. The molecule has 0 bridgehead atoms. The summed E-state index contributed by atoms with van der Waals surface area (Å²) >= 11 is 0. The minimum absolute atomic E-state index is 1.19. The minimum Gasteiger partial charge on any atom is -0.0984 e. The van der Waals surface area contributed by atoms with Crippen molar-refractivity contribution in [3.63, 3.8) is 0 Å². The van der Waals surface area contributed by atoms with Gasteiger partial charge in [-0.3, -0.25) is 0 Å². The van der Waals surface area contributed by atoms with Crippen molar-refractivity contribution in [2.24, 2.45) is 0 Å². The van der Waals surface area contributed by atoms with Crippen LogP contribution < -0.4 is 0 Å². The van der Waals surface area contributed by atoms with Gasteiger partial charge in [0.15, 0.2) is 0 Å². The summed E-state index contributed by atoms with van der Waals surface area (Å²) in [7, 11) is 0. The van der Waals surface area contributed by atoms with E-state index in [4.69, 9.17) is 0 Å². The van der Waals surface area contributed by atoms with Gasteiger partial charge in [0.2, 0.25) is 0 Å². The Morgan fingerprint density at radius 1 is 1.18 bits per heavy atom. The predicted octanol–water partition coefficient (Wildman–Crippen LogP) is 3.36. The molecule has 0 amide bonds. The first kappa shape index (κ1) is 7.80. The summed E-state index contributed by atoms with van der Waals surface area (Å²) in [6.07, 6.45) is 5.98. The lowest BCUT2D eigenvalue weighted by molar-refractivity contribution is 1.60. The second-order valence-corrected chi connectivity index (χ2v) is 2.33. The quantitative estimate of drug-likeness (QED) is 0.597. The second-order valence-electron chi connectivity index (χ2n) is 2.33. The van der Waals surface area contributed by atoms with Crippen molar-refractivity contribution in [1.82, 2.24) is 0 Å². The van der Waals surface area contributed by atoms with E-state index in [9.17, 15) is 0 Å². The highest BCUT2D eigenvalue weighted by Crippen LogP contribution is 2.11. The van der Waals surface area contributed by atoms with Gasteiger partial charge in [-0.1, -0.05) is 49.1 Å². The molecule has 0 aliphatic carbocycles. The number of benzene rings is 1. The van der Waals surface area contributed by atoms with E-state index in [1.54, 1.807) is 0 Å². The molecular formula is C11H12. The lowest BCUT2D eigenvalue weighted by Crippen LogP contribution is -1.76. The van der Waals surface area contributed by atoms with Gasteiger partial charge in [0, 0.05) is 0 Å². The SMILES string of the molecule is C=Cc1ccccc1C=CC. The molecule has 0 fully saturated rings. The van der Waals surface area contributed by atoms with Crippen LogP contribution in [0.3, 0.4) is 0 Å². The highest BCUT2D eigenvalue weighted by molar-refractivity contribution is 5.63. The van der Waals surface area contributed by atoms with Gasteiger partial charge < -0.3 is 0 Å². The molecule has 0 unspecified atom stereocenters. The summed E-state index contributed by atoms with van der Waals surface area (Å²) in [5.74, 6) is 0. The predicted molar refractivity (Wildman–Crippen MR) is 51.2 cm³/mol. The molecule has 1 rings (SSSR count). The van der Waals surface area contributed by atoms with Crippen LogP contribution in [-0.4, -0.2) is 0 Å². The molecule has 0 nitrogen and oxygen atoms in total. The van der Waals surface area contributed by atoms with Crippen molar-refractivity contribution in [3.05, 3.63) is 48.0 Å². The first-order chi connectivity index (χ1) is 5.38. The van der Waals surface area contributed by atoms with E-state index in [2.05, 4.69) is 24.8 Å². The molecule has 0 saturated carbocycles. The van der Waals surface area contributed by atoms with E-state index < -0.39 is 0 Å². The third kappa shape index (κ3) is 1.81. The lowest BCUT2D eigenvalue weighted by atomic mass is 10.1. The molecule has 56 valence electrons. The van der Waals surface area contributed by atoms with E-state index in [1.807, 2.05) is 31.2 Å². The highest BCUT2D eigenvalue weighted by atomic mass is 13.9. The fraction of sp³-hybridized carbons (Fsp3) is 0.0909. The third-order valence-electron chi connectivity index (χ3n) is 1.56. The highest BCUT2D eigenvalue weighted by Gasteiger charge is 1.90. The molecular weight excluding hydrogens is 132 g/mol. The topological polar surface area (TPSA) is 0 Å². The van der Waals surface area contributed by atoms with E-state index in [1.165, 1.54) is 11.1 Å². The van der Waals surface area contributed by atoms with E-state index in [0.29, 0.717) is 0 Å². The van der Waals surface area contributed by atoms with Crippen LogP contribution in [0.25, 0.3) is 12.2 Å². The Hall–Kier alpha value is -1.30. The number of hydrogen-bond donors (Lipinski definition) is 0. The van der Waals surface area contributed by atoms with Crippen molar-refractivity contribution in [2.45, 2.75) is 6.92 Å². The number of hydrogen-bond acceptors (Lipinski definition) is 0. The zero-order chi connectivity index (χ0) is 8.10. The van der Waals surface area contributed by atoms with E-state index >= 15 is 0 Å². The maximum Gasteiger partial charge on any atom is -0.0188 e. The van der Waals surface area contributed by atoms with Gasteiger partial charge in [0.05, 0.1) is 0 Å². The summed E-state index contributed by atoms with van der Waals surface area (Å²) in [6, 6.07) is 8.19. The summed E-state index contributed by atoms with van der Waals surface area (Å²) in [4.78, 5) is 0. The molecule has 0 atom stereocenters. The molecule has 0 aromatic heterocycles. The van der Waals surface area contributed by atoms with Crippen molar-refractivity contribution < 1.29 is 0 Å². The Labute approximate surface area is 67.9 Å². The van der Waals surface area contributed by atoms with Crippen LogP contribution in [0.15, 0.2) is 36.9 Å². The summed E-state index contributed by atoms with van der Waals surface area (Å²) in [5, 5.41) is 0. The largest absolute Gasteiger partial charge is 0.0984 e. The molecule has 0 heterocycles. The van der Waals surface area contributed by atoms with Crippen molar-refractivity contribution in [2.75, 3.05) is 0 Å². The van der Waals surface area contributed by atoms with Gasteiger partial charge in [-0.25, -0.2) is 0 Å². The van der Waals surface area contributed by atoms with Crippen LogP contribution in [0.1, 0.15) is 18.1 Å². The molecule has 0 saturated heterocycles. The summed E-state index contributed by atoms with van der Waals surface area (Å²) < 4.78 is 0. The summed E-state index contributed by atoms with van der Waals surface area (Å²) in [5.41, 5.74) is 2.41. The first-order valence-electron chi connectivity index (χ1n) is 3.72. The van der Waals surface area contributed by atoms with Gasteiger partial charge in [-0.05, 0) is 18.1 Å². The normalized spacial score (nSPS) is 10.3. The number of rotatable bonds is 2. The van der Waals surface area contributed by atoms with Crippen molar-refractivity contribution in [3.8, 4) is 0 Å². The van der Waals surface area contributed by atoms with Crippen LogP contribution in [0.5, 0.6) is 0 Å². The molecule has 0 spiro atoms. The van der Waals surface area contributed by atoms with Crippen LogP contribution in [0.2, 0.25) is 0 Å². The molecule has 11 heavy (non-hydrogen) atoms. The van der Waals surface area contributed by atoms with Gasteiger partial charge in [0.1, 0.15) is 0 Å². The molecule has 0 aliphatic rings. The average Bonchev–Trinajstić information content (AvgIpc) is 2.06. The van der Waals surface area contributed by atoms with Crippen LogP contribution in [0, 0.1) is 0 Å². The zero-order valence-corrected chi connectivity index (χ0v) is 6.75. The van der Waals surface area contributed by atoms with Crippen LogP contribution >= 0.6 is 0 Å². The maximum atomic E-state index is 3.74. The molecule has 0 radical (unpaired) electrons. The molecule has 0 aliphatic heterocycles. The average molecular weight is 144 g/mol. The molecule has 1 aromatic rings. The minimum atomic E-state index is 1.19. The molecule has 0 N–H and O–H groups in total. The zero-order valence-electron chi connectivity index (χ0n) is 6.75. The molecule has 0 heteroatoms. The van der Waals surface area contributed by atoms with Crippen LogP contribution in [0.4, 0.5) is 0 Å². The van der Waals surface area contributed by atoms with Crippen molar-refractivity contribution in [1.29, 1.82) is 0 Å². The lowest BCUT2D eigenvalue weighted by Gasteiger charge is -1.97. The van der Waals surface area contributed by atoms with Gasteiger partial charge >= 0.3 is 0 Å². The Morgan fingerprint density at radius 3 is 2.36 bits per heavy atom. The fourth-order valence-electron chi connectivity index (χ4n) is 1.03. The van der Waals surface area contributed by atoms with Crippen molar-refractivity contribution >= 4 is 12.2 Å². The second kappa shape index (κ2) is 3.77. The summed E-state index contributed by atoms with van der Waals surface area (Å²) in [6.45, 7) is 5.75. The first-order valence-corrected chi connectivity index (χ1v) is 3.72. The Kier molecular flexibility index (Phi) is 2.67. The van der Waals surface area contributed by atoms with Gasteiger partial charge in [-0.2, -0.15) is 0 Å². The smallest absolute Gasteiger partial charge is 0.0188 e. The third-order valence-corrected chi connectivity index (χ3v) is 1.56. The Balaban J connectivity index is 3.11. The number of allylic oxidation sites excluding steroid dienone is 1. The fourth-order valence-corrected chi connectivity index (χ4v) is 1.03. The van der Waals surface area contributed by atoms with Crippen LogP contribution in [-0.2, 0) is 0 Å². The standard InChI is InChI=1S/C11H12/c1-3-7-11-9-6-5-8-10(11)4-2/h3-9H,2H2,1H3. The van der Waals surface area contributed by atoms with E-state index in [-0.39, 0.29) is 0 Å². The van der Waals surface area contributed by atoms with Gasteiger partial charge in [-0.15, -0.1) is 0 Å². The maximum absolute atomic E-state index is 3.74.